The van der Waals surface area contributed by atoms with Gasteiger partial charge in [-0.1, -0.05) is 17.7 Å². The van der Waals surface area contributed by atoms with E-state index in [1.165, 1.54) is 0 Å². The first-order chi connectivity index (χ1) is 8.76. The number of aromatic nitrogens is 1. The number of carbonyl (C=O) groups excluding carboxylic acids is 1. The van der Waals surface area contributed by atoms with Gasteiger partial charge in [-0.2, -0.15) is 0 Å². The van der Waals surface area contributed by atoms with E-state index >= 15 is 0 Å². The Morgan fingerprint density at radius 2 is 2.28 bits per heavy atom. The van der Waals surface area contributed by atoms with E-state index in [1.807, 2.05) is 25.3 Å². The minimum absolute atomic E-state index is 0.684. The minimum Gasteiger partial charge on any atom is -0.382 e. The van der Waals surface area contributed by atoms with Crippen molar-refractivity contribution < 1.29 is 9.53 Å². The predicted octanol–water partition coefficient (Wildman–Crippen LogP) is 3.53. The van der Waals surface area contributed by atoms with Gasteiger partial charge in [0, 0.05) is 41.9 Å². The molecule has 0 radical (unpaired) electrons. The number of ether oxygens (including phenoxy) is 1. The molecule has 96 valence electrons. The molecule has 0 spiro atoms. The number of aryl methyl sites for hydroxylation is 1. The highest BCUT2D eigenvalue weighted by molar-refractivity contribution is 6.31. The quantitative estimate of drug-likeness (QED) is 0.591. The third-order valence-corrected chi connectivity index (χ3v) is 3.13. The Kier molecular flexibility index (Phi) is 4.39. The van der Waals surface area contributed by atoms with Gasteiger partial charge in [0.1, 0.15) is 0 Å². The molecule has 0 saturated heterocycles. The Morgan fingerprint density at radius 3 is 3.00 bits per heavy atom. The van der Waals surface area contributed by atoms with Crippen LogP contribution in [0.5, 0.6) is 0 Å². The van der Waals surface area contributed by atoms with Crippen LogP contribution in [-0.2, 0) is 11.3 Å². The summed E-state index contributed by atoms with van der Waals surface area (Å²) < 4.78 is 7.37. The van der Waals surface area contributed by atoms with Gasteiger partial charge < -0.3 is 9.30 Å². The third kappa shape index (κ3) is 2.74. The molecule has 0 bridgehead atoms. The van der Waals surface area contributed by atoms with Gasteiger partial charge in [0.15, 0.2) is 6.29 Å². The number of hydrogen-bond acceptors (Lipinski definition) is 2. The van der Waals surface area contributed by atoms with Crippen molar-refractivity contribution in [2.75, 3.05) is 13.2 Å². The van der Waals surface area contributed by atoms with E-state index in [-0.39, 0.29) is 0 Å². The van der Waals surface area contributed by atoms with Crippen LogP contribution < -0.4 is 0 Å². The predicted molar refractivity (Wildman–Crippen MR) is 73.4 cm³/mol. The van der Waals surface area contributed by atoms with Crippen LogP contribution in [-0.4, -0.2) is 24.1 Å². The SMILES string of the molecule is CCOCCCn1cc(C=O)c2ccc(Cl)cc21. The van der Waals surface area contributed by atoms with Gasteiger partial charge in [-0.15, -0.1) is 0 Å². The molecule has 0 fully saturated rings. The summed E-state index contributed by atoms with van der Waals surface area (Å²) in [7, 11) is 0. The number of rotatable bonds is 6. The molecular formula is C14H16ClNO2. The lowest BCUT2D eigenvalue weighted by Gasteiger charge is -2.05. The molecule has 0 atom stereocenters. The molecule has 1 aromatic carbocycles. The molecule has 0 N–H and O–H groups in total. The van der Waals surface area contributed by atoms with Crippen LogP contribution in [0, 0.1) is 0 Å². The first-order valence-corrected chi connectivity index (χ1v) is 6.45. The Labute approximate surface area is 111 Å². The number of benzene rings is 1. The molecule has 4 heteroatoms. The smallest absolute Gasteiger partial charge is 0.152 e. The molecular weight excluding hydrogens is 250 g/mol. The van der Waals surface area contributed by atoms with Gasteiger partial charge in [-0.25, -0.2) is 0 Å². The highest BCUT2D eigenvalue weighted by Gasteiger charge is 2.08. The number of halogens is 1. The largest absolute Gasteiger partial charge is 0.382 e. The zero-order chi connectivity index (χ0) is 13.0. The van der Waals surface area contributed by atoms with E-state index in [0.717, 1.165) is 43.4 Å². The summed E-state index contributed by atoms with van der Waals surface area (Å²) in [5.41, 5.74) is 1.71. The molecule has 1 heterocycles. The summed E-state index contributed by atoms with van der Waals surface area (Å²) >= 11 is 6.00. The van der Waals surface area contributed by atoms with Crippen molar-refractivity contribution in [1.82, 2.24) is 4.57 Å². The monoisotopic (exact) mass is 265 g/mol. The second kappa shape index (κ2) is 6.03. The lowest BCUT2D eigenvalue weighted by molar-refractivity contribution is 0.112. The minimum atomic E-state index is 0.684. The Hall–Kier alpha value is -1.32. The summed E-state index contributed by atoms with van der Waals surface area (Å²) in [5.74, 6) is 0. The third-order valence-electron chi connectivity index (χ3n) is 2.89. The summed E-state index contributed by atoms with van der Waals surface area (Å²) in [6.07, 6.45) is 3.68. The van der Waals surface area contributed by atoms with Crippen LogP contribution >= 0.6 is 11.6 Å². The standard InChI is InChI=1S/C14H16ClNO2/c1-2-18-7-3-6-16-9-11(10-17)13-5-4-12(15)8-14(13)16/h4-5,8-10H,2-3,6-7H2,1H3. The van der Waals surface area contributed by atoms with Crippen molar-refractivity contribution in [2.45, 2.75) is 19.9 Å². The maximum atomic E-state index is 11.0. The molecule has 0 aliphatic heterocycles. The summed E-state index contributed by atoms with van der Waals surface area (Å²) in [4.78, 5) is 11.0. The van der Waals surface area contributed by atoms with Crippen molar-refractivity contribution in [3.63, 3.8) is 0 Å². The van der Waals surface area contributed by atoms with Gasteiger partial charge >= 0.3 is 0 Å². The molecule has 2 aromatic rings. The van der Waals surface area contributed by atoms with Crippen LogP contribution in [0.25, 0.3) is 10.9 Å². The van der Waals surface area contributed by atoms with E-state index in [0.29, 0.717) is 10.6 Å². The van der Waals surface area contributed by atoms with Crippen LogP contribution in [0.1, 0.15) is 23.7 Å². The molecule has 18 heavy (non-hydrogen) atoms. The first kappa shape index (κ1) is 13.1. The lowest BCUT2D eigenvalue weighted by atomic mass is 10.2. The number of fused-ring (bicyclic) bond motifs is 1. The molecule has 2 rings (SSSR count). The van der Waals surface area contributed by atoms with Gasteiger partial charge in [-0.05, 0) is 25.5 Å². The van der Waals surface area contributed by atoms with Gasteiger partial charge in [0.05, 0.1) is 5.52 Å². The van der Waals surface area contributed by atoms with E-state index in [1.54, 1.807) is 6.07 Å². The van der Waals surface area contributed by atoms with E-state index in [2.05, 4.69) is 4.57 Å². The molecule has 0 saturated carbocycles. The normalized spacial score (nSPS) is 11.0. The fraction of sp³-hybridized carbons (Fsp3) is 0.357. The van der Waals surface area contributed by atoms with Gasteiger partial charge in [0.25, 0.3) is 0 Å². The summed E-state index contributed by atoms with van der Waals surface area (Å²) in [6.45, 7) is 4.27. The summed E-state index contributed by atoms with van der Waals surface area (Å²) in [5, 5.41) is 1.63. The molecule has 0 amide bonds. The number of hydrogen-bond donors (Lipinski definition) is 0. The van der Waals surface area contributed by atoms with E-state index < -0.39 is 0 Å². The topological polar surface area (TPSA) is 31.2 Å². The van der Waals surface area contributed by atoms with Crippen LogP contribution in [0.15, 0.2) is 24.4 Å². The van der Waals surface area contributed by atoms with Crippen molar-refractivity contribution in [1.29, 1.82) is 0 Å². The maximum Gasteiger partial charge on any atom is 0.152 e. The average molecular weight is 266 g/mol. The Morgan fingerprint density at radius 1 is 1.44 bits per heavy atom. The Bertz CT molecular complexity index is 548. The van der Waals surface area contributed by atoms with Gasteiger partial charge in [-0.3, -0.25) is 4.79 Å². The van der Waals surface area contributed by atoms with Gasteiger partial charge in [0.2, 0.25) is 0 Å². The highest BCUT2D eigenvalue weighted by atomic mass is 35.5. The fourth-order valence-electron chi connectivity index (χ4n) is 2.05. The van der Waals surface area contributed by atoms with Crippen LogP contribution in [0.3, 0.4) is 0 Å². The molecule has 0 unspecified atom stereocenters. The zero-order valence-corrected chi connectivity index (χ0v) is 11.1. The molecule has 0 aliphatic rings. The van der Waals surface area contributed by atoms with Crippen LogP contribution in [0.2, 0.25) is 5.02 Å². The number of aldehydes is 1. The van der Waals surface area contributed by atoms with Crippen molar-refractivity contribution in [3.8, 4) is 0 Å². The van der Waals surface area contributed by atoms with E-state index in [9.17, 15) is 4.79 Å². The van der Waals surface area contributed by atoms with Crippen molar-refractivity contribution in [3.05, 3.63) is 35.0 Å². The van der Waals surface area contributed by atoms with Crippen molar-refractivity contribution in [2.24, 2.45) is 0 Å². The number of nitrogens with zero attached hydrogens (tertiary/aromatic N) is 1. The first-order valence-electron chi connectivity index (χ1n) is 6.07. The molecule has 3 nitrogen and oxygen atoms in total. The molecule has 1 aromatic heterocycles. The zero-order valence-electron chi connectivity index (χ0n) is 10.4. The fourth-order valence-corrected chi connectivity index (χ4v) is 2.22. The number of carbonyl (C=O) groups is 1. The summed E-state index contributed by atoms with van der Waals surface area (Å²) in [6, 6.07) is 5.59. The van der Waals surface area contributed by atoms with Crippen LogP contribution in [0.4, 0.5) is 0 Å². The second-order valence-electron chi connectivity index (χ2n) is 4.11. The van der Waals surface area contributed by atoms with Crippen molar-refractivity contribution >= 4 is 28.8 Å². The second-order valence-corrected chi connectivity index (χ2v) is 4.54. The maximum absolute atomic E-state index is 11.0. The highest BCUT2D eigenvalue weighted by Crippen LogP contribution is 2.24. The molecule has 0 aliphatic carbocycles. The Balaban J connectivity index is 2.26. The van der Waals surface area contributed by atoms with E-state index in [4.69, 9.17) is 16.3 Å². The average Bonchev–Trinajstić information content (AvgIpc) is 2.72. The lowest BCUT2D eigenvalue weighted by Crippen LogP contribution is -2.01.